The zero-order valence-corrected chi connectivity index (χ0v) is 8.08. The fourth-order valence-electron chi connectivity index (χ4n) is 2.42. The van der Waals surface area contributed by atoms with E-state index in [1.807, 2.05) is 0 Å². The molecule has 1 rings (SSSR count). The summed E-state index contributed by atoms with van der Waals surface area (Å²) < 4.78 is 0. The topological polar surface area (TPSA) is 40.5 Å². The molecule has 0 amide bonds. The molecule has 0 radical (unpaired) electrons. The third-order valence-corrected chi connectivity index (χ3v) is 3.63. The molecule has 2 heteroatoms. The van der Waals surface area contributed by atoms with Crippen molar-refractivity contribution in [1.29, 1.82) is 0 Å². The molecule has 0 spiro atoms. The Hall–Kier alpha value is -0.0800. The molecule has 1 aliphatic carbocycles. The Kier molecular flexibility index (Phi) is 3.13. The molecule has 1 saturated carbocycles. The third-order valence-electron chi connectivity index (χ3n) is 3.63. The monoisotopic (exact) mass is 172 g/mol. The highest BCUT2D eigenvalue weighted by Gasteiger charge is 2.46. The van der Waals surface area contributed by atoms with E-state index in [-0.39, 0.29) is 0 Å². The Labute approximate surface area is 74.6 Å². The SMILES string of the molecule is CC1(C)[C@H](CCO)C[C@@H]1CCO. The average molecular weight is 172 g/mol. The molecule has 2 atom stereocenters. The third kappa shape index (κ3) is 1.64. The number of hydrogen-bond donors (Lipinski definition) is 2. The summed E-state index contributed by atoms with van der Waals surface area (Å²) in [4.78, 5) is 0. The standard InChI is InChI=1S/C10H20O2/c1-10(2)8(3-5-11)7-9(10)4-6-12/h8-9,11-12H,3-7H2,1-2H3/t8-,9+. The highest BCUT2D eigenvalue weighted by Crippen LogP contribution is 2.53. The fraction of sp³-hybridized carbons (Fsp3) is 1.00. The van der Waals surface area contributed by atoms with Gasteiger partial charge in [-0.2, -0.15) is 0 Å². The van der Waals surface area contributed by atoms with Crippen LogP contribution < -0.4 is 0 Å². The largest absolute Gasteiger partial charge is 0.396 e. The predicted octanol–water partition coefficient (Wildman–Crippen LogP) is 1.41. The molecule has 2 N–H and O–H groups in total. The van der Waals surface area contributed by atoms with Crippen LogP contribution in [-0.4, -0.2) is 23.4 Å². The van der Waals surface area contributed by atoms with Gasteiger partial charge >= 0.3 is 0 Å². The van der Waals surface area contributed by atoms with Crippen LogP contribution in [0.4, 0.5) is 0 Å². The van der Waals surface area contributed by atoms with Crippen molar-refractivity contribution in [3.63, 3.8) is 0 Å². The molecular formula is C10H20O2. The summed E-state index contributed by atoms with van der Waals surface area (Å²) in [6.45, 7) is 5.11. The van der Waals surface area contributed by atoms with Gasteiger partial charge in [-0.25, -0.2) is 0 Å². The van der Waals surface area contributed by atoms with Crippen molar-refractivity contribution in [3.05, 3.63) is 0 Å². The zero-order chi connectivity index (χ0) is 9.19. The predicted molar refractivity (Wildman–Crippen MR) is 48.8 cm³/mol. The van der Waals surface area contributed by atoms with Crippen molar-refractivity contribution in [2.24, 2.45) is 17.3 Å². The van der Waals surface area contributed by atoms with E-state index in [9.17, 15) is 0 Å². The Morgan fingerprint density at radius 1 is 1.08 bits per heavy atom. The molecular weight excluding hydrogens is 152 g/mol. The molecule has 72 valence electrons. The Balaban J connectivity index is 2.36. The Bertz CT molecular complexity index is 129. The second kappa shape index (κ2) is 3.75. The van der Waals surface area contributed by atoms with Crippen LogP contribution in [0, 0.1) is 17.3 Å². The molecule has 0 saturated heterocycles. The summed E-state index contributed by atoms with van der Waals surface area (Å²) in [7, 11) is 0. The van der Waals surface area contributed by atoms with Crippen LogP contribution >= 0.6 is 0 Å². The van der Waals surface area contributed by atoms with Crippen molar-refractivity contribution in [1.82, 2.24) is 0 Å². The summed E-state index contributed by atoms with van der Waals surface area (Å²) in [6, 6.07) is 0. The maximum atomic E-state index is 8.80. The lowest BCUT2D eigenvalue weighted by atomic mass is 9.53. The highest BCUT2D eigenvalue weighted by molar-refractivity contribution is 4.95. The average Bonchev–Trinajstić information content (AvgIpc) is 2.03. The summed E-state index contributed by atoms with van der Waals surface area (Å²) in [5.74, 6) is 1.33. The van der Waals surface area contributed by atoms with E-state index < -0.39 is 0 Å². The number of hydrogen-bond acceptors (Lipinski definition) is 2. The van der Waals surface area contributed by atoms with Crippen LogP contribution in [0.25, 0.3) is 0 Å². The van der Waals surface area contributed by atoms with E-state index in [0.717, 1.165) is 12.8 Å². The second-order valence-corrected chi connectivity index (χ2v) is 4.48. The Morgan fingerprint density at radius 2 is 1.50 bits per heavy atom. The molecule has 0 unspecified atom stereocenters. The summed E-state index contributed by atoms with van der Waals surface area (Å²) in [6.07, 6.45) is 3.04. The van der Waals surface area contributed by atoms with Gasteiger partial charge in [-0.3, -0.25) is 0 Å². The Morgan fingerprint density at radius 3 is 1.75 bits per heavy atom. The number of aliphatic hydroxyl groups is 2. The first-order chi connectivity index (χ1) is 5.62. The second-order valence-electron chi connectivity index (χ2n) is 4.48. The molecule has 0 heterocycles. The lowest BCUT2D eigenvalue weighted by molar-refractivity contribution is -0.0448. The van der Waals surface area contributed by atoms with E-state index in [0.29, 0.717) is 30.5 Å². The normalized spacial score (nSPS) is 33.0. The van der Waals surface area contributed by atoms with Gasteiger partial charge in [-0.15, -0.1) is 0 Å². The van der Waals surface area contributed by atoms with Crippen molar-refractivity contribution in [2.75, 3.05) is 13.2 Å². The van der Waals surface area contributed by atoms with Crippen molar-refractivity contribution < 1.29 is 10.2 Å². The highest BCUT2D eigenvalue weighted by atomic mass is 16.3. The summed E-state index contributed by atoms with van der Waals surface area (Å²) in [5, 5.41) is 17.6. The van der Waals surface area contributed by atoms with Gasteiger partial charge in [0.2, 0.25) is 0 Å². The molecule has 0 aromatic carbocycles. The first kappa shape index (κ1) is 10.0. The molecule has 1 aliphatic rings. The first-order valence-electron chi connectivity index (χ1n) is 4.84. The molecule has 1 fully saturated rings. The lowest BCUT2D eigenvalue weighted by Crippen LogP contribution is -2.45. The van der Waals surface area contributed by atoms with Crippen LogP contribution in [0.15, 0.2) is 0 Å². The van der Waals surface area contributed by atoms with Gasteiger partial charge in [-0.1, -0.05) is 13.8 Å². The maximum Gasteiger partial charge on any atom is 0.0433 e. The minimum Gasteiger partial charge on any atom is -0.396 e. The quantitative estimate of drug-likeness (QED) is 0.673. The van der Waals surface area contributed by atoms with Gasteiger partial charge in [0, 0.05) is 13.2 Å². The van der Waals surface area contributed by atoms with Crippen LogP contribution in [0.1, 0.15) is 33.1 Å². The van der Waals surface area contributed by atoms with E-state index >= 15 is 0 Å². The molecule has 0 aromatic rings. The number of aliphatic hydroxyl groups excluding tert-OH is 2. The zero-order valence-electron chi connectivity index (χ0n) is 8.08. The van der Waals surface area contributed by atoms with E-state index in [1.54, 1.807) is 0 Å². The van der Waals surface area contributed by atoms with Crippen LogP contribution in [0.5, 0.6) is 0 Å². The van der Waals surface area contributed by atoms with Crippen LogP contribution in [-0.2, 0) is 0 Å². The maximum absolute atomic E-state index is 8.80. The van der Waals surface area contributed by atoms with E-state index in [1.165, 1.54) is 6.42 Å². The van der Waals surface area contributed by atoms with Gasteiger partial charge in [0.15, 0.2) is 0 Å². The first-order valence-corrected chi connectivity index (χ1v) is 4.84. The molecule has 2 nitrogen and oxygen atoms in total. The molecule has 0 bridgehead atoms. The smallest absolute Gasteiger partial charge is 0.0433 e. The lowest BCUT2D eigenvalue weighted by Gasteiger charge is -2.52. The van der Waals surface area contributed by atoms with E-state index in [4.69, 9.17) is 10.2 Å². The fourth-order valence-corrected chi connectivity index (χ4v) is 2.42. The van der Waals surface area contributed by atoms with E-state index in [2.05, 4.69) is 13.8 Å². The summed E-state index contributed by atoms with van der Waals surface area (Å²) in [5.41, 5.74) is 0.339. The molecule has 0 aliphatic heterocycles. The molecule has 12 heavy (non-hydrogen) atoms. The van der Waals surface area contributed by atoms with Gasteiger partial charge in [-0.05, 0) is 36.5 Å². The van der Waals surface area contributed by atoms with Crippen molar-refractivity contribution >= 4 is 0 Å². The molecule has 0 aromatic heterocycles. The van der Waals surface area contributed by atoms with Gasteiger partial charge in [0.1, 0.15) is 0 Å². The van der Waals surface area contributed by atoms with Gasteiger partial charge in [0.05, 0.1) is 0 Å². The van der Waals surface area contributed by atoms with Crippen molar-refractivity contribution in [3.8, 4) is 0 Å². The van der Waals surface area contributed by atoms with Crippen LogP contribution in [0.2, 0.25) is 0 Å². The summed E-state index contributed by atoms with van der Waals surface area (Å²) >= 11 is 0. The minimum absolute atomic E-state index is 0.305. The minimum atomic E-state index is 0.305. The van der Waals surface area contributed by atoms with Crippen LogP contribution in [0.3, 0.4) is 0 Å². The van der Waals surface area contributed by atoms with Gasteiger partial charge in [0.25, 0.3) is 0 Å². The number of rotatable bonds is 4. The van der Waals surface area contributed by atoms with Crippen molar-refractivity contribution in [2.45, 2.75) is 33.1 Å². The van der Waals surface area contributed by atoms with Gasteiger partial charge < -0.3 is 10.2 Å².